The SMILES string of the molecule is Cc1nn(-c2ccccc2)c(C)c1C(=O)C(=O)OCC(=O)c1cc(C)n(CC2CCCO2)c1C. The van der Waals surface area contributed by atoms with Crippen molar-refractivity contribution in [3.8, 4) is 5.69 Å². The summed E-state index contributed by atoms with van der Waals surface area (Å²) in [5.74, 6) is -2.23. The molecule has 0 bridgehead atoms. The molecule has 2 aromatic heterocycles. The summed E-state index contributed by atoms with van der Waals surface area (Å²) in [5.41, 5.74) is 4.16. The molecule has 0 N–H and O–H groups in total. The Morgan fingerprint density at radius 3 is 2.50 bits per heavy atom. The summed E-state index contributed by atoms with van der Waals surface area (Å²) in [5, 5.41) is 4.40. The van der Waals surface area contributed by atoms with Crippen molar-refractivity contribution in [1.82, 2.24) is 14.3 Å². The number of rotatable bonds is 8. The summed E-state index contributed by atoms with van der Waals surface area (Å²) in [6.07, 6.45) is 2.19. The first-order chi connectivity index (χ1) is 16.3. The van der Waals surface area contributed by atoms with Crippen molar-refractivity contribution >= 4 is 17.5 Å². The van der Waals surface area contributed by atoms with E-state index in [9.17, 15) is 14.4 Å². The third kappa shape index (κ3) is 4.59. The van der Waals surface area contributed by atoms with E-state index < -0.39 is 18.4 Å². The van der Waals surface area contributed by atoms with Gasteiger partial charge in [0.1, 0.15) is 0 Å². The molecule has 1 saturated heterocycles. The normalized spacial score (nSPS) is 15.5. The van der Waals surface area contributed by atoms with Crippen molar-refractivity contribution in [3.63, 3.8) is 0 Å². The average Bonchev–Trinajstić information content (AvgIpc) is 3.52. The molecule has 0 aliphatic carbocycles. The Morgan fingerprint density at radius 1 is 1.09 bits per heavy atom. The number of para-hydroxylation sites is 1. The molecule has 178 valence electrons. The van der Waals surface area contributed by atoms with E-state index in [1.165, 1.54) is 0 Å². The molecule has 8 heteroatoms. The molecular weight excluding hydrogens is 434 g/mol. The summed E-state index contributed by atoms with van der Waals surface area (Å²) in [7, 11) is 0. The lowest BCUT2D eigenvalue weighted by Crippen LogP contribution is -2.23. The molecule has 3 heterocycles. The second-order valence-corrected chi connectivity index (χ2v) is 8.65. The predicted molar refractivity (Wildman–Crippen MR) is 126 cm³/mol. The number of ketones is 2. The highest BCUT2D eigenvalue weighted by Crippen LogP contribution is 2.22. The number of nitrogens with zero attached hydrogens (tertiary/aromatic N) is 3. The summed E-state index contributed by atoms with van der Waals surface area (Å²) in [6.45, 7) is 8.15. The summed E-state index contributed by atoms with van der Waals surface area (Å²) in [6, 6.07) is 11.1. The number of ether oxygens (including phenoxy) is 2. The Labute approximate surface area is 198 Å². The maximum Gasteiger partial charge on any atom is 0.380 e. The Morgan fingerprint density at radius 2 is 1.82 bits per heavy atom. The molecule has 1 aromatic carbocycles. The summed E-state index contributed by atoms with van der Waals surface area (Å²) < 4.78 is 14.5. The van der Waals surface area contributed by atoms with Gasteiger partial charge in [-0.25, -0.2) is 9.48 Å². The fraction of sp³-hybridized carbons (Fsp3) is 0.385. The summed E-state index contributed by atoms with van der Waals surface area (Å²) >= 11 is 0. The van der Waals surface area contributed by atoms with E-state index in [1.54, 1.807) is 24.6 Å². The molecule has 4 rings (SSSR count). The first-order valence-electron chi connectivity index (χ1n) is 11.4. The van der Waals surface area contributed by atoms with Crippen LogP contribution in [0.2, 0.25) is 0 Å². The van der Waals surface area contributed by atoms with E-state index in [0.717, 1.165) is 36.5 Å². The van der Waals surface area contributed by atoms with Crippen molar-refractivity contribution in [2.45, 2.75) is 53.2 Å². The maximum atomic E-state index is 12.8. The van der Waals surface area contributed by atoms with Gasteiger partial charge in [-0.2, -0.15) is 5.10 Å². The van der Waals surface area contributed by atoms with Crippen LogP contribution in [0.25, 0.3) is 5.69 Å². The molecule has 0 saturated carbocycles. The van der Waals surface area contributed by atoms with Gasteiger partial charge in [0.2, 0.25) is 5.78 Å². The number of benzene rings is 1. The minimum absolute atomic E-state index is 0.145. The van der Waals surface area contributed by atoms with Gasteiger partial charge in [-0.1, -0.05) is 18.2 Å². The van der Waals surface area contributed by atoms with Crippen LogP contribution in [0.4, 0.5) is 0 Å². The van der Waals surface area contributed by atoms with E-state index in [0.29, 0.717) is 23.5 Å². The maximum absolute atomic E-state index is 12.8. The zero-order valence-corrected chi connectivity index (χ0v) is 20.0. The van der Waals surface area contributed by atoms with Gasteiger partial charge in [0.25, 0.3) is 5.78 Å². The topological polar surface area (TPSA) is 92.4 Å². The first-order valence-corrected chi connectivity index (χ1v) is 11.4. The number of aromatic nitrogens is 3. The summed E-state index contributed by atoms with van der Waals surface area (Å²) in [4.78, 5) is 38.2. The van der Waals surface area contributed by atoms with Gasteiger partial charge in [-0.15, -0.1) is 0 Å². The predicted octanol–water partition coefficient (Wildman–Crippen LogP) is 3.70. The Kier molecular flexibility index (Phi) is 6.79. The Hall–Kier alpha value is -3.52. The highest BCUT2D eigenvalue weighted by molar-refractivity contribution is 6.41. The van der Waals surface area contributed by atoms with Crippen molar-refractivity contribution < 1.29 is 23.9 Å². The van der Waals surface area contributed by atoms with Crippen LogP contribution in [-0.2, 0) is 20.8 Å². The highest BCUT2D eigenvalue weighted by atomic mass is 16.5. The van der Waals surface area contributed by atoms with E-state index in [4.69, 9.17) is 9.47 Å². The molecule has 0 spiro atoms. The number of aryl methyl sites for hydroxylation is 2. The average molecular weight is 464 g/mol. The fourth-order valence-electron chi connectivity index (χ4n) is 4.52. The minimum atomic E-state index is -1.07. The number of hydrogen-bond donors (Lipinski definition) is 0. The largest absolute Gasteiger partial charge is 0.451 e. The van der Waals surface area contributed by atoms with Crippen LogP contribution < -0.4 is 0 Å². The number of carbonyl (C=O) groups excluding carboxylic acids is 3. The fourth-order valence-corrected chi connectivity index (χ4v) is 4.52. The third-order valence-corrected chi connectivity index (χ3v) is 6.32. The second kappa shape index (κ2) is 9.77. The molecule has 0 amide bonds. The molecule has 0 radical (unpaired) electrons. The monoisotopic (exact) mass is 463 g/mol. The molecule has 8 nitrogen and oxygen atoms in total. The van der Waals surface area contributed by atoms with E-state index in [2.05, 4.69) is 9.67 Å². The third-order valence-electron chi connectivity index (χ3n) is 6.32. The number of Topliss-reactive ketones (excluding diaryl/α,β-unsaturated/α-hetero) is 2. The second-order valence-electron chi connectivity index (χ2n) is 8.65. The van der Waals surface area contributed by atoms with Crippen LogP contribution in [0, 0.1) is 27.7 Å². The minimum Gasteiger partial charge on any atom is -0.451 e. The van der Waals surface area contributed by atoms with Crippen LogP contribution in [0.5, 0.6) is 0 Å². The van der Waals surface area contributed by atoms with Crippen molar-refractivity contribution in [2.24, 2.45) is 0 Å². The molecule has 1 atom stereocenters. The van der Waals surface area contributed by atoms with Crippen LogP contribution in [0.15, 0.2) is 36.4 Å². The first kappa shape index (κ1) is 23.6. The lowest BCUT2D eigenvalue weighted by molar-refractivity contribution is -0.137. The molecule has 1 aliphatic heterocycles. The number of esters is 1. The molecule has 34 heavy (non-hydrogen) atoms. The zero-order chi connectivity index (χ0) is 24.4. The van der Waals surface area contributed by atoms with Crippen LogP contribution >= 0.6 is 0 Å². The van der Waals surface area contributed by atoms with Gasteiger partial charge in [0.15, 0.2) is 6.61 Å². The van der Waals surface area contributed by atoms with Gasteiger partial charge in [0, 0.05) is 30.1 Å². The number of carbonyl (C=O) groups is 3. The zero-order valence-electron chi connectivity index (χ0n) is 20.0. The van der Waals surface area contributed by atoms with Crippen molar-refractivity contribution in [3.05, 3.63) is 70.3 Å². The molecule has 1 aliphatic rings. The molecular formula is C26H29N3O5. The smallest absolute Gasteiger partial charge is 0.380 e. The molecule has 1 unspecified atom stereocenters. The van der Waals surface area contributed by atoms with Gasteiger partial charge in [0.05, 0.1) is 28.7 Å². The van der Waals surface area contributed by atoms with E-state index in [1.807, 2.05) is 44.2 Å². The lowest BCUT2D eigenvalue weighted by atomic mass is 10.1. The van der Waals surface area contributed by atoms with Crippen LogP contribution in [0.1, 0.15) is 56.3 Å². The van der Waals surface area contributed by atoms with Gasteiger partial charge in [-0.3, -0.25) is 9.59 Å². The van der Waals surface area contributed by atoms with Gasteiger partial charge in [-0.05, 0) is 58.7 Å². The van der Waals surface area contributed by atoms with Crippen molar-refractivity contribution in [2.75, 3.05) is 13.2 Å². The molecule has 3 aromatic rings. The van der Waals surface area contributed by atoms with Gasteiger partial charge < -0.3 is 14.0 Å². The van der Waals surface area contributed by atoms with Crippen LogP contribution in [-0.4, -0.2) is 51.2 Å². The molecule has 1 fully saturated rings. The van der Waals surface area contributed by atoms with E-state index in [-0.39, 0.29) is 17.5 Å². The van der Waals surface area contributed by atoms with E-state index >= 15 is 0 Å². The van der Waals surface area contributed by atoms with Crippen LogP contribution in [0.3, 0.4) is 0 Å². The highest BCUT2D eigenvalue weighted by Gasteiger charge is 2.28. The Bertz CT molecular complexity index is 1230. The van der Waals surface area contributed by atoms with Gasteiger partial charge >= 0.3 is 5.97 Å². The quantitative estimate of drug-likeness (QED) is 0.287. The standard InChI is InChI=1S/C26H29N3O5/c1-16-13-22(18(3)28(16)14-21-11-8-12-33-21)23(30)15-34-26(32)25(31)24-17(2)27-29(19(24)4)20-9-6-5-7-10-20/h5-7,9-10,13,21H,8,11-12,14-15H2,1-4H3. The number of hydrogen-bond acceptors (Lipinski definition) is 6. The van der Waals surface area contributed by atoms with Crippen molar-refractivity contribution in [1.29, 1.82) is 0 Å². The lowest BCUT2D eigenvalue weighted by Gasteiger charge is -2.14. The Balaban J connectivity index is 1.44.